The average molecular weight is 360 g/mol. The van der Waals surface area contributed by atoms with Crippen molar-refractivity contribution < 1.29 is 53.1 Å². The molecule has 0 atom stereocenters. The number of hydrogen-bond acceptors (Lipinski definition) is 1. The van der Waals surface area contributed by atoms with Gasteiger partial charge in [0.2, 0.25) is 5.78 Å². The van der Waals surface area contributed by atoms with Crippen LogP contribution < -0.4 is 0 Å². The molecule has 0 unspecified atom stereocenters. The van der Waals surface area contributed by atoms with Crippen LogP contribution in [0.15, 0.2) is 18.2 Å². The number of Topliss-reactive ketones (excluding diaryl/α,β-unsaturated/α-hetero) is 1. The summed E-state index contributed by atoms with van der Waals surface area (Å²) in [5.41, 5.74) is -4.62. The van der Waals surface area contributed by atoms with Gasteiger partial charge in [0.05, 0.1) is 5.56 Å². The Morgan fingerprint density at radius 2 is 1.30 bits per heavy atom. The van der Waals surface area contributed by atoms with E-state index in [0.29, 0.717) is 0 Å². The van der Waals surface area contributed by atoms with E-state index in [0.717, 1.165) is 0 Å². The molecule has 0 spiro atoms. The number of carbonyl (C=O) groups is 1. The Morgan fingerprint density at radius 3 is 1.70 bits per heavy atom. The number of benzene rings is 1. The molecule has 0 N–H and O–H groups in total. The van der Waals surface area contributed by atoms with Crippen LogP contribution in [0.3, 0.4) is 0 Å². The Bertz CT molecular complexity index is 611. The molecule has 12 heteroatoms. The number of carbonyl (C=O) groups excluding carboxylic acids is 1. The lowest BCUT2D eigenvalue weighted by Crippen LogP contribution is -2.56. The van der Waals surface area contributed by atoms with Crippen LogP contribution >= 0.6 is 0 Å². The number of alkyl halides is 10. The molecule has 0 aromatic heterocycles. The van der Waals surface area contributed by atoms with Crippen molar-refractivity contribution >= 4 is 5.78 Å². The molecule has 1 aromatic rings. The Kier molecular flexibility index (Phi) is 4.45. The normalized spacial score (nSPS) is 14.0. The van der Waals surface area contributed by atoms with Crippen LogP contribution in [-0.4, -0.2) is 23.8 Å². The number of rotatable bonds is 3. The zero-order valence-corrected chi connectivity index (χ0v) is 10.3. The lowest BCUT2D eigenvalue weighted by Gasteiger charge is -2.27. The minimum atomic E-state index is -6.92. The zero-order chi connectivity index (χ0) is 18.4. The van der Waals surface area contributed by atoms with Gasteiger partial charge in [0.1, 0.15) is 5.82 Å². The molecule has 23 heavy (non-hydrogen) atoms. The number of ketones is 1. The molecule has 130 valence electrons. The molecule has 0 aliphatic rings. The van der Waals surface area contributed by atoms with E-state index in [-0.39, 0.29) is 12.1 Å². The quantitative estimate of drug-likeness (QED) is 0.556. The van der Waals surface area contributed by atoms with Crippen LogP contribution in [-0.2, 0) is 6.18 Å². The van der Waals surface area contributed by atoms with Gasteiger partial charge in [-0.2, -0.15) is 43.9 Å². The molecule has 1 aromatic carbocycles. The average Bonchev–Trinajstić information content (AvgIpc) is 2.35. The first-order chi connectivity index (χ1) is 10.0. The zero-order valence-electron chi connectivity index (χ0n) is 10.3. The molecule has 0 bridgehead atoms. The maximum absolute atomic E-state index is 13.2. The van der Waals surface area contributed by atoms with Crippen molar-refractivity contribution in [3.63, 3.8) is 0 Å². The van der Waals surface area contributed by atoms with E-state index >= 15 is 0 Å². The molecular formula is C11H3F11O. The van der Waals surface area contributed by atoms with Gasteiger partial charge in [-0.3, -0.25) is 4.79 Å². The van der Waals surface area contributed by atoms with Crippen molar-refractivity contribution in [2.75, 3.05) is 0 Å². The summed E-state index contributed by atoms with van der Waals surface area (Å²) in [6, 6.07) is -0.694. The van der Waals surface area contributed by atoms with Crippen molar-refractivity contribution in [2.45, 2.75) is 24.2 Å². The van der Waals surface area contributed by atoms with Crippen LogP contribution in [0.1, 0.15) is 15.9 Å². The fourth-order valence-electron chi connectivity index (χ4n) is 1.44. The number of halogens is 11. The predicted molar refractivity (Wildman–Crippen MR) is 51.7 cm³/mol. The van der Waals surface area contributed by atoms with Gasteiger partial charge in [-0.05, 0) is 18.2 Å². The Labute approximate surface area is 119 Å². The second kappa shape index (κ2) is 5.34. The third-order valence-corrected chi connectivity index (χ3v) is 2.57. The molecular weight excluding hydrogens is 357 g/mol. The lowest BCUT2D eigenvalue weighted by atomic mass is 9.95. The summed E-state index contributed by atoms with van der Waals surface area (Å²) in [6.45, 7) is 0. The smallest absolute Gasteiger partial charge is 0.287 e. The van der Waals surface area contributed by atoms with Crippen molar-refractivity contribution in [3.8, 4) is 0 Å². The molecule has 0 heterocycles. The first-order valence-electron chi connectivity index (χ1n) is 5.27. The van der Waals surface area contributed by atoms with Gasteiger partial charge in [0, 0.05) is 5.56 Å². The Hall–Kier alpha value is -1.88. The van der Waals surface area contributed by atoms with E-state index in [2.05, 4.69) is 0 Å². The topological polar surface area (TPSA) is 17.1 Å². The highest BCUT2D eigenvalue weighted by atomic mass is 19.4. The molecule has 1 rings (SSSR count). The molecule has 0 aliphatic heterocycles. The van der Waals surface area contributed by atoms with Crippen molar-refractivity contribution in [2.24, 2.45) is 0 Å². The minimum absolute atomic E-state index is 0.0320. The molecule has 0 fully saturated rings. The van der Waals surface area contributed by atoms with Gasteiger partial charge < -0.3 is 0 Å². The van der Waals surface area contributed by atoms with Gasteiger partial charge in [-0.15, -0.1) is 0 Å². The van der Waals surface area contributed by atoms with Gasteiger partial charge in [-0.1, -0.05) is 0 Å². The van der Waals surface area contributed by atoms with Crippen LogP contribution in [0, 0.1) is 5.82 Å². The number of hydrogen-bond donors (Lipinski definition) is 0. The van der Waals surface area contributed by atoms with E-state index in [1.54, 1.807) is 0 Å². The van der Waals surface area contributed by atoms with Crippen molar-refractivity contribution in [1.29, 1.82) is 0 Å². The lowest BCUT2D eigenvalue weighted by molar-refractivity contribution is -0.339. The molecule has 0 radical (unpaired) electrons. The predicted octanol–water partition coefficient (Wildman–Crippen LogP) is 4.86. The van der Waals surface area contributed by atoms with Crippen LogP contribution in [0.5, 0.6) is 0 Å². The molecule has 0 aliphatic carbocycles. The Morgan fingerprint density at radius 1 is 0.826 bits per heavy atom. The largest absolute Gasteiger partial charge is 0.460 e. The molecule has 1 nitrogen and oxygen atoms in total. The summed E-state index contributed by atoms with van der Waals surface area (Å²) in [4.78, 5) is 11.2. The maximum Gasteiger partial charge on any atom is 0.460 e. The van der Waals surface area contributed by atoms with Crippen LogP contribution in [0.4, 0.5) is 48.3 Å². The third kappa shape index (κ3) is 3.24. The monoisotopic (exact) mass is 360 g/mol. The first-order valence-corrected chi connectivity index (χ1v) is 5.27. The molecule has 0 saturated heterocycles. The highest BCUT2D eigenvalue weighted by Crippen LogP contribution is 2.48. The molecule has 0 amide bonds. The Balaban J connectivity index is 3.52. The van der Waals surface area contributed by atoms with Crippen LogP contribution in [0.2, 0.25) is 0 Å². The van der Waals surface area contributed by atoms with Gasteiger partial charge in [0.15, 0.2) is 0 Å². The van der Waals surface area contributed by atoms with Crippen LogP contribution in [0.25, 0.3) is 0 Å². The summed E-state index contributed by atoms with van der Waals surface area (Å²) in [5, 5.41) is 0. The summed E-state index contributed by atoms with van der Waals surface area (Å²) < 4.78 is 138. The summed E-state index contributed by atoms with van der Waals surface area (Å²) in [7, 11) is 0. The molecule has 0 saturated carbocycles. The fraction of sp³-hybridized carbons (Fsp3) is 0.364. The summed E-state index contributed by atoms with van der Waals surface area (Å²) >= 11 is 0. The van der Waals surface area contributed by atoms with Gasteiger partial charge in [-0.25, -0.2) is 4.39 Å². The third-order valence-electron chi connectivity index (χ3n) is 2.57. The fourth-order valence-corrected chi connectivity index (χ4v) is 1.44. The first kappa shape index (κ1) is 19.2. The second-order valence-electron chi connectivity index (χ2n) is 4.16. The second-order valence-corrected chi connectivity index (χ2v) is 4.16. The maximum atomic E-state index is 13.2. The summed E-state index contributed by atoms with van der Waals surface area (Å²) in [6.07, 6.45) is -12.5. The minimum Gasteiger partial charge on any atom is -0.287 e. The van der Waals surface area contributed by atoms with Crippen molar-refractivity contribution in [1.82, 2.24) is 0 Å². The van der Waals surface area contributed by atoms with E-state index in [9.17, 15) is 53.1 Å². The summed E-state index contributed by atoms with van der Waals surface area (Å²) in [5.74, 6) is -18.6. The highest BCUT2D eigenvalue weighted by molar-refractivity contribution is 6.03. The van der Waals surface area contributed by atoms with E-state index in [1.807, 2.05) is 0 Å². The SMILES string of the molecule is O=C(c1ccc(F)cc1C(F)(F)F)C(F)(F)C(F)(F)C(F)(F)F. The van der Waals surface area contributed by atoms with Crippen molar-refractivity contribution in [3.05, 3.63) is 35.1 Å². The van der Waals surface area contributed by atoms with E-state index in [4.69, 9.17) is 0 Å². The van der Waals surface area contributed by atoms with E-state index < -0.39 is 53.0 Å². The van der Waals surface area contributed by atoms with Gasteiger partial charge >= 0.3 is 24.2 Å². The standard InChI is InChI=1S/C11H3F11O/c12-4-1-2-5(6(3-4)9(15,16)17)7(23)8(13,14)10(18,19)11(20,21)22/h1-3H. The van der Waals surface area contributed by atoms with E-state index in [1.165, 1.54) is 0 Å². The highest BCUT2D eigenvalue weighted by Gasteiger charge is 2.76. The van der Waals surface area contributed by atoms with Gasteiger partial charge in [0.25, 0.3) is 0 Å².